The Labute approximate surface area is 126 Å². The Bertz CT molecular complexity index is 581. The molecule has 0 unspecified atom stereocenters. The summed E-state index contributed by atoms with van der Waals surface area (Å²) in [7, 11) is 0. The lowest BCUT2D eigenvalue weighted by Gasteiger charge is -2.15. The third-order valence-corrected chi connectivity index (χ3v) is 3.54. The van der Waals surface area contributed by atoms with Crippen LogP contribution >= 0.6 is 0 Å². The maximum atomic E-state index is 10.8. The van der Waals surface area contributed by atoms with E-state index < -0.39 is 0 Å². The molecule has 0 spiro atoms. The van der Waals surface area contributed by atoms with Gasteiger partial charge < -0.3 is 0 Å². The van der Waals surface area contributed by atoms with Gasteiger partial charge in [-0.25, -0.2) is 9.59 Å². The van der Waals surface area contributed by atoms with Crippen LogP contribution < -0.4 is 0 Å². The van der Waals surface area contributed by atoms with Crippen molar-refractivity contribution in [1.29, 1.82) is 0 Å². The highest BCUT2D eigenvalue weighted by Crippen LogP contribution is 2.37. The fourth-order valence-electron chi connectivity index (χ4n) is 2.48. The number of aryl methyl sites for hydroxylation is 2. The second-order valence-corrected chi connectivity index (χ2v) is 5.14. The number of benzene rings is 1. The van der Waals surface area contributed by atoms with Gasteiger partial charge in [-0.15, -0.1) is 0 Å². The van der Waals surface area contributed by atoms with Gasteiger partial charge in [-0.2, -0.15) is 9.98 Å². The highest BCUT2D eigenvalue weighted by atomic mass is 16.1. The van der Waals surface area contributed by atoms with E-state index in [1.54, 1.807) is 12.2 Å². The zero-order chi connectivity index (χ0) is 15.7. The van der Waals surface area contributed by atoms with Crippen molar-refractivity contribution in [1.82, 2.24) is 0 Å². The molecule has 0 atom stereocenters. The van der Waals surface area contributed by atoms with Crippen molar-refractivity contribution in [2.45, 2.75) is 59.3 Å². The third-order valence-electron chi connectivity index (χ3n) is 3.54. The molecule has 0 fully saturated rings. The number of hydrogen-bond donors (Lipinski definition) is 0. The predicted octanol–water partition coefficient (Wildman–Crippen LogP) is 4.61. The minimum absolute atomic E-state index is 0.604. The van der Waals surface area contributed by atoms with Crippen LogP contribution in [0.5, 0.6) is 0 Å². The van der Waals surface area contributed by atoms with Crippen molar-refractivity contribution in [2.24, 2.45) is 9.98 Å². The van der Waals surface area contributed by atoms with Crippen molar-refractivity contribution in [3.05, 3.63) is 22.8 Å². The Hall–Kier alpha value is -2.02. The topological polar surface area (TPSA) is 58.9 Å². The van der Waals surface area contributed by atoms with E-state index >= 15 is 0 Å². The summed E-state index contributed by atoms with van der Waals surface area (Å²) < 4.78 is 0. The summed E-state index contributed by atoms with van der Waals surface area (Å²) in [5, 5.41) is 0. The average molecular weight is 286 g/mol. The van der Waals surface area contributed by atoms with Gasteiger partial charge in [0.05, 0.1) is 11.4 Å². The lowest BCUT2D eigenvalue weighted by Crippen LogP contribution is -1.96. The molecule has 0 amide bonds. The molecular formula is C17H22N2O2. The highest BCUT2D eigenvalue weighted by Gasteiger charge is 2.15. The molecule has 4 nitrogen and oxygen atoms in total. The van der Waals surface area contributed by atoms with Crippen molar-refractivity contribution >= 4 is 23.5 Å². The second kappa shape index (κ2) is 9.02. The lowest BCUT2D eigenvalue weighted by atomic mass is 9.94. The van der Waals surface area contributed by atoms with Crippen LogP contribution in [0, 0.1) is 6.92 Å². The van der Waals surface area contributed by atoms with Crippen LogP contribution in [0.25, 0.3) is 0 Å². The quantitative estimate of drug-likeness (QED) is 0.517. The number of carbonyl (C=O) groups excluding carboxylic acids is 2. The predicted molar refractivity (Wildman–Crippen MR) is 84.0 cm³/mol. The van der Waals surface area contributed by atoms with E-state index in [-0.39, 0.29) is 0 Å². The molecular weight excluding hydrogens is 264 g/mol. The Morgan fingerprint density at radius 3 is 2.10 bits per heavy atom. The highest BCUT2D eigenvalue weighted by molar-refractivity contribution is 5.72. The Kier molecular flexibility index (Phi) is 7.31. The van der Waals surface area contributed by atoms with Crippen LogP contribution in [0.4, 0.5) is 11.4 Å². The molecule has 1 rings (SSSR count). The van der Waals surface area contributed by atoms with Gasteiger partial charge in [0.2, 0.25) is 12.2 Å². The third kappa shape index (κ3) is 4.49. The number of aliphatic imine (C=N–C) groups is 2. The number of nitrogens with zero attached hydrogens (tertiary/aromatic N) is 2. The van der Waals surface area contributed by atoms with Crippen molar-refractivity contribution in [2.75, 3.05) is 0 Å². The van der Waals surface area contributed by atoms with Crippen molar-refractivity contribution in [3.8, 4) is 0 Å². The maximum Gasteiger partial charge on any atom is 0.240 e. The first-order valence-corrected chi connectivity index (χ1v) is 7.50. The molecule has 0 heterocycles. The van der Waals surface area contributed by atoms with Crippen molar-refractivity contribution in [3.63, 3.8) is 0 Å². The molecule has 0 bridgehead atoms. The van der Waals surface area contributed by atoms with Gasteiger partial charge in [0, 0.05) is 5.56 Å². The molecule has 21 heavy (non-hydrogen) atoms. The van der Waals surface area contributed by atoms with Gasteiger partial charge in [-0.3, -0.25) is 0 Å². The van der Waals surface area contributed by atoms with E-state index in [0.717, 1.165) is 55.2 Å². The normalized spacial score (nSPS) is 9.86. The molecule has 0 aliphatic heterocycles. The van der Waals surface area contributed by atoms with Crippen LogP contribution in [-0.2, 0) is 22.4 Å². The number of hydrogen-bond acceptors (Lipinski definition) is 4. The molecule has 0 radical (unpaired) electrons. The van der Waals surface area contributed by atoms with Crippen LogP contribution in [0.2, 0.25) is 0 Å². The lowest BCUT2D eigenvalue weighted by molar-refractivity contribution is 0.564. The number of unbranched alkanes of at least 4 members (excludes halogenated alkanes) is 2. The van der Waals surface area contributed by atoms with E-state index in [0.29, 0.717) is 11.4 Å². The summed E-state index contributed by atoms with van der Waals surface area (Å²) in [5.41, 5.74) is 4.09. The molecule has 0 saturated carbocycles. The Morgan fingerprint density at radius 1 is 0.952 bits per heavy atom. The fraction of sp³-hybridized carbons (Fsp3) is 0.529. The van der Waals surface area contributed by atoms with Gasteiger partial charge in [0.15, 0.2) is 0 Å². The summed E-state index contributed by atoms with van der Waals surface area (Å²) in [6.07, 6.45) is 8.94. The van der Waals surface area contributed by atoms with E-state index in [9.17, 15) is 9.59 Å². The second-order valence-electron chi connectivity index (χ2n) is 5.14. The van der Waals surface area contributed by atoms with E-state index in [4.69, 9.17) is 0 Å². The van der Waals surface area contributed by atoms with Crippen molar-refractivity contribution < 1.29 is 9.59 Å². The molecule has 0 aromatic heterocycles. The molecule has 0 aliphatic carbocycles. The summed E-state index contributed by atoms with van der Waals surface area (Å²) in [5.74, 6) is 0. The molecule has 1 aromatic carbocycles. The standard InChI is InChI=1S/C17H22N2O2/c1-4-6-8-14-10-13(3)16(18-11-20)15(9-7-5-2)17(14)19-12-21/h10H,4-9H2,1-3H3. The largest absolute Gasteiger partial charge is 0.240 e. The zero-order valence-corrected chi connectivity index (χ0v) is 13.0. The summed E-state index contributed by atoms with van der Waals surface area (Å²) in [6, 6.07) is 1.97. The molecule has 112 valence electrons. The summed E-state index contributed by atoms with van der Waals surface area (Å²) in [4.78, 5) is 29.2. The molecule has 0 aliphatic rings. The van der Waals surface area contributed by atoms with Crippen LogP contribution in [0.15, 0.2) is 16.1 Å². The minimum Gasteiger partial charge on any atom is -0.211 e. The number of rotatable bonds is 8. The fourth-order valence-corrected chi connectivity index (χ4v) is 2.48. The Balaban J connectivity index is 3.50. The van der Waals surface area contributed by atoms with Gasteiger partial charge in [-0.05, 0) is 43.7 Å². The Morgan fingerprint density at radius 2 is 1.52 bits per heavy atom. The molecule has 1 aromatic rings. The number of isocyanates is 2. The molecule has 4 heteroatoms. The van der Waals surface area contributed by atoms with E-state index in [2.05, 4.69) is 23.8 Å². The molecule has 0 N–H and O–H groups in total. The zero-order valence-electron chi connectivity index (χ0n) is 13.0. The van der Waals surface area contributed by atoms with Gasteiger partial charge >= 0.3 is 0 Å². The van der Waals surface area contributed by atoms with E-state index in [1.807, 2.05) is 13.0 Å². The van der Waals surface area contributed by atoms with Crippen LogP contribution in [0.1, 0.15) is 56.2 Å². The van der Waals surface area contributed by atoms with Crippen LogP contribution in [-0.4, -0.2) is 12.2 Å². The maximum absolute atomic E-state index is 10.8. The SMILES string of the molecule is CCCCc1cc(C)c(N=C=O)c(CCCC)c1N=C=O. The monoisotopic (exact) mass is 286 g/mol. The van der Waals surface area contributed by atoms with Gasteiger partial charge in [0.25, 0.3) is 0 Å². The van der Waals surface area contributed by atoms with Gasteiger partial charge in [-0.1, -0.05) is 32.8 Å². The smallest absolute Gasteiger partial charge is 0.211 e. The van der Waals surface area contributed by atoms with Crippen LogP contribution in [0.3, 0.4) is 0 Å². The first-order valence-electron chi connectivity index (χ1n) is 7.50. The average Bonchev–Trinajstić information content (AvgIpc) is 2.48. The molecule has 0 saturated heterocycles. The summed E-state index contributed by atoms with van der Waals surface area (Å²) in [6.45, 7) is 6.15. The minimum atomic E-state index is 0.604. The van der Waals surface area contributed by atoms with Gasteiger partial charge in [0.1, 0.15) is 0 Å². The first-order chi connectivity index (χ1) is 10.2. The first kappa shape index (κ1) is 17.0. The summed E-state index contributed by atoms with van der Waals surface area (Å²) >= 11 is 0. The van der Waals surface area contributed by atoms with E-state index in [1.165, 1.54) is 0 Å².